The van der Waals surface area contributed by atoms with E-state index in [0.717, 1.165) is 0 Å². The van der Waals surface area contributed by atoms with Gasteiger partial charge in [-0.2, -0.15) is 0 Å². The van der Waals surface area contributed by atoms with Crippen molar-refractivity contribution in [2.75, 3.05) is 14.2 Å². The molecule has 17 heavy (non-hydrogen) atoms. The van der Waals surface area contributed by atoms with Crippen LogP contribution in [-0.4, -0.2) is 25.3 Å². The predicted molar refractivity (Wildman–Crippen MR) is 64.2 cm³/mol. The zero-order chi connectivity index (χ0) is 12.8. The number of hydrogen-bond acceptors (Lipinski definition) is 4. The van der Waals surface area contributed by atoms with E-state index in [1.165, 1.54) is 14.2 Å². The average molecular weight is 255 g/mol. The Bertz CT molecular complexity index is 470. The molecular formula is C12H11ClO4. The maximum Gasteiger partial charge on any atom is 0.250 e. The maximum atomic E-state index is 10.6. The van der Waals surface area contributed by atoms with E-state index in [9.17, 15) is 9.90 Å². The van der Waals surface area contributed by atoms with Gasteiger partial charge in [0.2, 0.25) is 11.5 Å². The zero-order valence-corrected chi connectivity index (χ0v) is 10.1. The minimum atomic E-state index is -0.218. The van der Waals surface area contributed by atoms with Gasteiger partial charge in [-0.3, -0.25) is 0 Å². The molecule has 0 saturated carbocycles. The van der Waals surface area contributed by atoms with Crippen LogP contribution in [0.4, 0.5) is 0 Å². The first-order valence-electron chi connectivity index (χ1n) is 4.66. The minimum Gasteiger partial charge on any atom is -0.504 e. The first kappa shape index (κ1) is 13.2. The summed E-state index contributed by atoms with van der Waals surface area (Å²) in [5.41, 5.74) is 0.455. The summed E-state index contributed by atoms with van der Waals surface area (Å²) >= 11 is 5.73. The normalized spacial score (nSPS) is 11.2. The Kier molecular flexibility index (Phi) is 4.64. The van der Waals surface area contributed by atoms with E-state index in [2.05, 4.69) is 0 Å². The van der Waals surface area contributed by atoms with E-state index in [1.807, 2.05) is 0 Å². The van der Waals surface area contributed by atoms with Crippen molar-refractivity contribution in [1.29, 1.82) is 0 Å². The number of methoxy groups -OCH3 is 2. The highest BCUT2D eigenvalue weighted by molar-refractivity contribution is 6.30. The SMILES string of the molecule is COC(=C=O)/C(OC)=C(/O)c1ccc(Cl)cc1. The lowest BCUT2D eigenvalue weighted by Gasteiger charge is -2.09. The molecule has 0 amide bonds. The van der Waals surface area contributed by atoms with Crippen molar-refractivity contribution in [1.82, 2.24) is 0 Å². The van der Waals surface area contributed by atoms with Crippen molar-refractivity contribution < 1.29 is 19.4 Å². The highest BCUT2D eigenvalue weighted by Gasteiger charge is 2.15. The number of benzene rings is 1. The Hall–Kier alpha value is -1.90. The second kappa shape index (κ2) is 5.99. The van der Waals surface area contributed by atoms with Crippen molar-refractivity contribution in [2.24, 2.45) is 0 Å². The quantitative estimate of drug-likeness (QED) is 0.510. The molecule has 0 spiro atoms. The maximum absolute atomic E-state index is 10.6. The summed E-state index contributed by atoms with van der Waals surface area (Å²) in [6.45, 7) is 0. The molecule has 1 aromatic carbocycles. The van der Waals surface area contributed by atoms with Crippen LogP contribution in [0.25, 0.3) is 5.76 Å². The van der Waals surface area contributed by atoms with E-state index in [-0.39, 0.29) is 17.3 Å². The number of rotatable bonds is 4. The number of aliphatic hydroxyl groups excluding tert-OH is 1. The van der Waals surface area contributed by atoms with Crippen LogP contribution in [-0.2, 0) is 14.3 Å². The van der Waals surface area contributed by atoms with E-state index >= 15 is 0 Å². The Morgan fingerprint density at radius 3 is 2.24 bits per heavy atom. The van der Waals surface area contributed by atoms with Crippen LogP contribution in [0.2, 0.25) is 5.02 Å². The summed E-state index contributed by atoms with van der Waals surface area (Å²) < 4.78 is 9.66. The molecule has 1 N–H and O–H groups in total. The molecule has 0 saturated heterocycles. The van der Waals surface area contributed by atoms with Crippen molar-refractivity contribution in [3.8, 4) is 0 Å². The second-order valence-corrected chi connectivity index (χ2v) is 3.46. The monoisotopic (exact) mass is 254 g/mol. The van der Waals surface area contributed by atoms with Gasteiger partial charge in [0.1, 0.15) is 0 Å². The molecule has 1 rings (SSSR count). The van der Waals surface area contributed by atoms with Crippen LogP contribution in [0.15, 0.2) is 35.8 Å². The lowest BCUT2D eigenvalue weighted by Crippen LogP contribution is -2.00. The first-order chi connectivity index (χ1) is 8.13. The van der Waals surface area contributed by atoms with Gasteiger partial charge in [-0.25, -0.2) is 4.79 Å². The van der Waals surface area contributed by atoms with Gasteiger partial charge in [0.25, 0.3) is 0 Å². The van der Waals surface area contributed by atoms with Gasteiger partial charge < -0.3 is 14.6 Å². The Morgan fingerprint density at radius 1 is 1.24 bits per heavy atom. The molecule has 0 radical (unpaired) electrons. The van der Waals surface area contributed by atoms with E-state index in [0.29, 0.717) is 10.6 Å². The molecule has 0 aliphatic rings. The van der Waals surface area contributed by atoms with Crippen LogP contribution in [0.5, 0.6) is 0 Å². The van der Waals surface area contributed by atoms with Gasteiger partial charge in [0.15, 0.2) is 11.7 Å². The Labute approximate surface area is 104 Å². The second-order valence-electron chi connectivity index (χ2n) is 3.02. The smallest absolute Gasteiger partial charge is 0.250 e. The summed E-state index contributed by atoms with van der Waals surface area (Å²) in [7, 11) is 2.60. The lowest BCUT2D eigenvalue weighted by atomic mass is 10.1. The van der Waals surface area contributed by atoms with Gasteiger partial charge in [-0.15, -0.1) is 0 Å². The van der Waals surface area contributed by atoms with Gasteiger partial charge in [-0.1, -0.05) is 11.6 Å². The molecule has 0 unspecified atom stereocenters. The van der Waals surface area contributed by atoms with Crippen molar-refractivity contribution in [3.63, 3.8) is 0 Å². The Morgan fingerprint density at radius 2 is 1.82 bits per heavy atom. The van der Waals surface area contributed by atoms with Crippen LogP contribution in [0.3, 0.4) is 0 Å². The van der Waals surface area contributed by atoms with Gasteiger partial charge in [0.05, 0.1) is 14.2 Å². The highest BCUT2D eigenvalue weighted by Crippen LogP contribution is 2.22. The minimum absolute atomic E-state index is 0.0789. The molecule has 4 nitrogen and oxygen atoms in total. The number of carbonyl (C=O) groups excluding carboxylic acids is 1. The van der Waals surface area contributed by atoms with Crippen molar-refractivity contribution in [3.05, 3.63) is 46.4 Å². The van der Waals surface area contributed by atoms with E-state index in [4.69, 9.17) is 21.1 Å². The van der Waals surface area contributed by atoms with Crippen LogP contribution >= 0.6 is 11.6 Å². The molecule has 0 bridgehead atoms. The molecule has 0 aliphatic carbocycles. The molecule has 5 heteroatoms. The first-order valence-corrected chi connectivity index (χ1v) is 5.04. The van der Waals surface area contributed by atoms with Gasteiger partial charge in [-0.05, 0) is 24.3 Å². The lowest BCUT2D eigenvalue weighted by molar-refractivity contribution is 0.217. The third-order valence-corrected chi connectivity index (χ3v) is 2.29. The summed E-state index contributed by atoms with van der Waals surface area (Å²) in [5.74, 6) is 1.03. The summed E-state index contributed by atoms with van der Waals surface area (Å²) in [6, 6.07) is 6.40. The number of aliphatic hydroxyl groups is 1. The number of halogens is 1. The highest BCUT2D eigenvalue weighted by atomic mass is 35.5. The fourth-order valence-electron chi connectivity index (χ4n) is 1.22. The number of ether oxygens (including phenoxy) is 2. The fourth-order valence-corrected chi connectivity index (χ4v) is 1.34. The van der Waals surface area contributed by atoms with E-state index in [1.54, 1.807) is 30.2 Å². The standard InChI is InChI=1S/C12H11ClO4/c1-16-10(7-14)12(17-2)11(15)8-3-5-9(13)6-4-8/h3-6,15H,1-2H3/b12-11-. The third-order valence-electron chi connectivity index (χ3n) is 2.04. The predicted octanol–water partition coefficient (Wildman–Crippen LogP) is 2.57. The van der Waals surface area contributed by atoms with Crippen molar-refractivity contribution in [2.45, 2.75) is 0 Å². The molecule has 0 fully saturated rings. The van der Waals surface area contributed by atoms with Gasteiger partial charge in [0, 0.05) is 10.6 Å². The molecule has 0 aromatic heterocycles. The van der Waals surface area contributed by atoms with Gasteiger partial charge >= 0.3 is 0 Å². The van der Waals surface area contributed by atoms with Crippen LogP contribution in [0, 0.1) is 0 Å². The van der Waals surface area contributed by atoms with Crippen LogP contribution < -0.4 is 0 Å². The third kappa shape index (κ3) is 3.03. The molecule has 0 aliphatic heterocycles. The van der Waals surface area contributed by atoms with E-state index < -0.39 is 0 Å². The largest absolute Gasteiger partial charge is 0.504 e. The molecule has 0 heterocycles. The number of hydrogen-bond donors (Lipinski definition) is 1. The molecule has 1 aromatic rings. The van der Waals surface area contributed by atoms with Crippen LogP contribution in [0.1, 0.15) is 5.56 Å². The molecule has 0 atom stereocenters. The summed E-state index contributed by atoms with van der Waals surface area (Å²) in [4.78, 5) is 10.6. The summed E-state index contributed by atoms with van der Waals surface area (Å²) in [6.07, 6.45) is 0. The molecular weight excluding hydrogens is 244 g/mol. The molecule has 90 valence electrons. The Balaban J connectivity index is 3.26. The topological polar surface area (TPSA) is 55.8 Å². The average Bonchev–Trinajstić information content (AvgIpc) is 2.36. The fraction of sp³-hybridized carbons (Fsp3) is 0.167. The summed E-state index contributed by atoms with van der Waals surface area (Å²) in [5, 5.41) is 10.5. The zero-order valence-electron chi connectivity index (χ0n) is 9.36. The van der Waals surface area contributed by atoms with Crippen molar-refractivity contribution >= 4 is 23.3 Å².